The number of hydrogen-bond acceptors (Lipinski definition) is 4. The molecule has 2 atom stereocenters. The predicted molar refractivity (Wildman–Crippen MR) is 133 cm³/mol. The number of nitrogens with one attached hydrogen (secondary N) is 1. The van der Waals surface area contributed by atoms with Gasteiger partial charge in [-0.2, -0.15) is 0 Å². The highest BCUT2D eigenvalue weighted by Gasteiger charge is 2.43. The average Bonchev–Trinajstić information content (AvgIpc) is 3.49. The van der Waals surface area contributed by atoms with E-state index in [1.54, 1.807) is 14.2 Å². The van der Waals surface area contributed by atoms with E-state index < -0.39 is 0 Å². The summed E-state index contributed by atoms with van der Waals surface area (Å²) in [6, 6.07) is 25.9. The van der Waals surface area contributed by atoms with Gasteiger partial charge in [0.2, 0.25) is 0 Å². The first-order valence-electron chi connectivity index (χ1n) is 10.7. The Morgan fingerprint density at radius 1 is 0.909 bits per heavy atom. The summed E-state index contributed by atoms with van der Waals surface area (Å²) in [5.74, 6) is 1.40. The molecule has 1 saturated heterocycles. The van der Waals surface area contributed by atoms with Gasteiger partial charge < -0.3 is 24.3 Å². The van der Waals surface area contributed by atoms with Crippen molar-refractivity contribution in [2.24, 2.45) is 0 Å². The van der Waals surface area contributed by atoms with E-state index in [2.05, 4.69) is 50.2 Å². The maximum atomic E-state index is 5.87. The van der Waals surface area contributed by atoms with Crippen molar-refractivity contribution in [2.75, 3.05) is 19.1 Å². The van der Waals surface area contributed by atoms with Gasteiger partial charge in [-0.1, -0.05) is 24.3 Å². The zero-order chi connectivity index (χ0) is 22.8. The van der Waals surface area contributed by atoms with Gasteiger partial charge in [0.25, 0.3) is 0 Å². The zero-order valence-electron chi connectivity index (χ0n) is 18.4. The molecule has 2 aromatic heterocycles. The molecular formula is C26H24N4O2S. The van der Waals surface area contributed by atoms with Gasteiger partial charge in [-0.15, -0.1) is 0 Å². The monoisotopic (exact) mass is 456 g/mol. The highest BCUT2D eigenvalue weighted by molar-refractivity contribution is 7.80. The van der Waals surface area contributed by atoms with Crippen LogP contribution < -0.4 is 19.7 Å². The van der Waals surface area contributed by atoms with E-state index in [0.29, 0.717) is 10.9 Å². The summed E-state index contributed by atoms with van der Waals surface area (Å²) in [6.07, 6.45) is 3.88. The summed E-state index contributed by atoms with van der Waals surface area (Å²) >= 11 is 5.87. The quantitative estimate of drug-likeness (QED) is 0.409. The van der Waals surface area contributed by atoms with Crippen molar-refractivity contribution in [1.82, 2.24) is 14.9 Å². The van der Waals surface area contributed by atoms with E-state index in [1.165, 1.54) is 0 Å². The molecular weight excluding hydrogens is 432 g/mol. The molecule has 1 N–H and O–H groups in total. The highest BCUT2D eigenvalue weighted by Crippen LogP contribution is 2.45. The van der Waals surface area contributed by atoms with Crippen molar-refractivity contribution in [3.05, 3.63) is 103 Å². The number of aromatic nitrogens is 2. The number of anilines is 1. The van der Waals surface area contributed by atoms with Crippen LogP contribution in [0.1, 0.15) is 23.5 Å². The SMILES string of the molecule is COc1ccc(N2C(=S)N[C@H](c3ccccn3)[C@H]2c2cccn2-c2ccccc2)c(OC)c1. The fraction of sp³-hybridized carbons (Fsp3) is 0.154. The van der Waals surface area contributed by atoms with Crippen LogP contribution in [-0.2, 0) is 0 Å². The summed E-state index contributed by atoms with van der Waals surface area (Å²) in [6.45, 7) is 0. The third kappa shape index (κ3) is 3.81. The largest absolute Gasteiger partial charge is 0.497 e. The Bertz CT molecular complexity index is 1260. The van der Waals surface area contributed by atoms with Crippen molar-refractivity contribution < 1.29 is 9.47 Å². The standard InChI is InChI=1S/C26H24N4O2S/c1-31-19-13-14-21(23(17-19)32-2)30-25(24(28-26(30)33)20-11-6-7-15-27-20)22-12-8-16-29(22)18-9-4-3-5-10-18/h3-17,24-25H,1-2H3,(H,28,33)/t24-,25-/m1/s1. The van der Waals surface area contributed by atoms with Gasteiger partial charge in [0.1, 0.15) is 17.5 Å². The Balaban J connectivity index is 1.69. The van der Waals surface area contributed by atoms with Gasteiger partial charge in [-0.25, -0.2) is 0 Å². The van der Waals surface area contributed by atoms with E-state index in [0.717, 1.165) is 28.5 Å². The smallest absolute Gasteiger partial charge is 0.174 e. The van der Waals surface area contributed by atoms with Crippen LogP contribution >= 0.6 is 12.2 Å². The predicted octanol–water partition coefficient (Wildman–Crippen LogP) is 5.07. The number of benzene rings is 2. The van der Waals surface area contributed by atoms with Crippen LogP contribution in [0.25, 0.3) is 5.69 Å². The maximum absolute atomic E-state index is 5.87. The van der Waals surface area contributed by atoms with E-state index in [9.17, 15) is 0 Å². The van der Waals surface area contributed by atoms with Gasteiger partial charge in [-0.05, 0) is 60.7 Å². The molecule has 0 saturated carbocycles. The van der Waals surface area contributed by atoms with Crippen LogP contribution in [0.3, 0.4) is 0 Å². The third-order valence-corrected chi connectivity index (χ3v) is 6.18. The molecule has 0 unspecified atom stereocenters. The lowest BCUT2D eigenvalue weighted by molar-refractivity contribution is 0.394. The van der Waals surface area contributed by atoms with Crippen LogP contribution in [0.2, 0.25) is 0 Å². The van der Waals surface area contributed by atoms with Gasteiger partial charge in [-0.3, -0.25) is 4.98 Å². The van der Waals surface area contributed by atoms with Crippen LogP contribution in [0, 0.1) is 0 Å². The van der Waals surface area contributed by atoms with E-state index in [4.69, 9.17) is 21.7 Å². The molecule has 4 aromatic rings. The Labute approximate surface area is 198 Å². The second-order valence-corrected chi connectivity index (χ2v) is 8.06. The number of pyridine rings is 1. The van der Waals surface area contributed by atoms with Crippen LogP contribution in [-0.4, -0.2) is 28.9 Å². The summed E-state index contributed by atoms with van der Waals surface area (Å²) < 4.78 is 13.3. The van der Waals surface area contributed by atoms with Crippen molar-refractivity contribution in [3.63, 3.8) is 0 Å². The zero-order valence-corrected chi connectivity index (χ0v) is 19.2. The molecule has 6 nitrogen and oxygen atoms in total. The summed E-state index contributed by atoms with van der Waals surface area (Å²) in [7, 11) is 3.30. The normalized spacial score (nSPS) is 17.6. The topological polar surface area (TPSA) is 51.5 Å². The molecule has 7 heteroatoms. The fourth-order valence-corrected chi connectivity index (χ4v) is 4.70. The molecule has 166 valence electrons. The maximum Gasteiger partial charge on any atom is 0.174 e. The van der Waals surface area contributed by atoms with Crippen LogP contribution in [0.4, 0.5) is 5.69 Å². The first-order valence-corrected chi connectivity index (χ1v) is 11.1. The fourth-order valence-electron chi connectivity index (χ4n) is 4.36. The van der Waals surface area contributed by atoms with E-state index in [1.807, 2.05) is 60.8 Å². The van der Waals surface area contributed by atoms with Crippen molar-refractivity contribution >= 4 is 23.0 Å². The summed E-state index contributed by atoms with van der Waals surface area (Å²) in [5, 5.41) is 4.12. The molecule has 0 radical (unpaired) electrons. The highest BCUT2D eigenvalue weighted by atomic mass is 32.1. The molecule has 33 heavy (non-hydrogen) atoms. The number of hydrogen-bond donors (Lipinski definition) is 1. The Hall–Kier alpha value is -3.84. The number of ether oxygens (including phenoxy) is 2. The van der Waals surface area contributed by atoms with Crippen molar-refractivity contribution in [3.8, 4) is 17.2 Å². The summed E-state index contributed by atoms with van der Waals surface area (Å²) in [5.41, 5.74) is 3.94. The lowest BCUT2D eigenvalue weighted by Crippen LogP contribution is -2.30. The number of nitrogens with zero attached hydrogens (tertiary/aromatic N) is 3. The first-order chi connectivity index (χ1) is 16.2. The molecule has 3 heterocycles. The van der Waals surface area contributed by atoms with Crippen LogP contribution in [0.15, 0.2) is 91.3 Å². The molecule has 1 aliphatic heterocycles. The molecule has 1 aliphatic rings. The van der Waals surface area contributed by atoms with Gasteiger partial charge >= 0.3 is 0 Å². The number of methoxy groups -OCH3 is 2. The van der Waals surface area contributed by atoms with Gasteiger partial charge in [0.05, 0.1) is 31.6 Å². The molecule has 0 spiro atoms. The Kier molecular flexibility index (Phi) is 5.71. The molecule has 0 aliphatic carbocycles. The Morgan fingerprint density at radius 2 is 1.73 bits per heavy atom. The van der Waals surface area contributed by atoms with Crippen molar-refractivity contribution in [2.45, 2.75) is 12.1 Å². The minimum atomic E-state index is -0.162. The molecule has 1 fully saturated rings. The summed E-state index contributed by atoms with van der Waals surface area (Å²) in [4.78, 5) is 6.76. The first kappa shape index (κ1) is 21.0. The number of rotatable bonds is 6. The molecule has 2 aromatic carbocycles. The number of thiocarbonyl (C=S) groups is 1. The van der Waals surface area contributed by atoms with Gasteiger partial charge in [0, 0.05) is 29.8 Å². The van der Waals surface area contributed by atoms with E-state index in [-0.39, 0.29) is 12.1 Å². The van der Waals surface area contributed by atoms with Gasteiger partial charge in [0.15, 0.2) is 5.11 Å². The lowest BCUT2D eigenvalue weighted by Gasteiger charge is -2.30. The Morgan fingerprint density at radius 3 is 2.45 bits per heavy atom. The lowest BCUT2D eigenvalue weighted by atomic mass is 10.0. The minimum absolute atomic E-state index is 0.150. The van der Waals surface area contributed by atoms with E-state index >= 15 is 0 Å². The average molecular weight is 457 g/mol. The van der Waals surface area contributed by atoms with Crippen molar-refractivity contribution in [1.29, 1.82) is 0 Å². The van der Waals surface area contributed by atoms with Crippen LogP contribution in [0.5, 0.6) is 11.5 Å². The second-order valence-electron chi connectivity index (χ2n) is 7.67. The second kappa shape index (κ2) is 8.96. The molecule has 0 bridgehead atoms. The molecule has 5 rings (SSSR count). The number of para-hydroxylation sites is 1. The third-order valence-electron chi connectivity index (χ3n) is 5.86. The molecule has 0 amide bonds. The minimum Gasteiger partial charge on any atom is -0.497 e.